The minimum Gasteiger partial charge on any atom is -0.477 e. The number of carboxylic acid groups (broad SMARTS) is 1. The van der Waals surface area contributed by atoms with Gasteiger partial charge in [0.15, 0.2) is 0 Å². The van der Waals surface area contributed by atoms with Crippen LogP contribution in [0, 0.1) is 6.92 Å². The lowest BCUT2D eigenvalue weighted by Gasteiger charge is -2.44. The fourth-order valence-corrected chi connectivity index (χ4v) is 5.50. The Hall–Kier alpha value is -1.77. The van der Waals surface area contributed by atoms with E-state index in [2.05, 4.69) is 4.98 Å². The van der Waals surface area contributed by atoms with Gasteiger partial charge in [0.05, 0.1) is 23.4 Å². The van der Waals surface area contributed by atoms with Crippen molar-refractivity contribution in [2.45, 2.75) is 31.8 Å². The fourth-order valence-electron chi connectivity index (χ4n) is 3.66. The number of thiophene rings is 1. The maximum absolute atomic E-state index is 12.7. The summed E-state index contributed by atoms with van der Waals surface area (Å²) in [6.07, 6.45) is 2.15. The molecule has 0 unspecified atom stereocenters. The number of carboxylic acids is 1. The van der Waals surface area contributed by atoms with E-state index in [9.17, 15) is 14.7 Å². The number of aryl methyl sites for hydroxylation is 1. The summed E-state index contributed by atoms with van der Waals surface area (Å²) in [5, 5.41) is 9.28. The van der Waals surface area contributed by atoms with E-state index in [4.69, 9.17) is 4.74 Å². The predicted octanol–water partition coefficient (Wildman–Crippen LogP) is 2.92. The number of thiazole rings is 1. The van der Waals surface area contributed by atoms with Crippen LogP contribution in [0.15, 0.2) is 11.6 Å². The largest absolute Gasteiger partial charge is 0.477 e. The van der Waals surface area contributed by atoms with Crippen LogP contribution in [0.3, 0.4) is 0 Å². The first kappa shape index (κ1) is 16.7. The van der Waals surface area contributed by atoms with E-state index in [0.29, 0.717) is 42.3 Å². The molecule has 2 aromatic rings. The maximum atomic E-state index is 12.7. The first-order valence-electron chi connectivity index (χ1n) is 8.20. The van der Waals surface area contributed by atoms with E-state index in [-0.39, 0.29) is 5.91 Å². The number of aromatic nitrogens is 1. The van der Waals surface area contributed by atoms with Crippen LogP contribution in [-0.2, 0) is 16.8 Å². The monoisotopic (exact) mass is 378 g/mol. The van der Waals surface area contributed by atoms with Crippen LogP contribution < -0.4 is 0 Å². The van der Waals surface area contributed by atoms with Crippen LogP contribution in [0.25, 0.3) is 0 Å². The number of amides is 1. The normalized spacial score (nSPS) is 19.0. The van der Waals surface area contributed by atoms with E-state index in [0.717, 1.165) is 22.6 Å². The van der Waals surface area contributed by atoms with E-state index in [1.807, 2.05) is 11.8 Å². The second kappa shape index (κ2) is 6.19. The number of fused-ring (bicyclic) bond motifs is 2. The Bertz CT molecular complexity index is 834. The SMILES string of the molecule is Cc1ncsc1C(=O)N1CCC2(CC1)OCCc1sc(C(=O)O)cc12. The second-order valence-electron chi connectivity index (χ2n) is 6.40. The molecule has 0 atom stereocenters. The highest BCUT2D eigenvalue weighted by Crippen LogP contribution is 2.44. The Kier molecular flexibility index (Phi) is 4.13. The van der Waals surface area contributed by atoms with E-state index in [1.165, 1.54) is 22.7 Å². The predicted molar refractivity (Wildman–Crippen MR) is 94.6 cm³/mol. The van der Waals surface area contributed by atoms with Gasteiger partial charge in [-0.15, -0.1) is 22.7 Å². The number of ether oxygens (including phenoxy) is 1. The first-order valence-corrected chi connectivity index (χ1v) is 9.89. The molecule has 2 aliphatic heterocycles. The Balaban J connectivity index is 1.55. The summed E-state index contributed by atoms with van der Waals surface area (Å²) in [6.45, 7) is 3.67. The molecular weight excluding hydrogens is 360 g/mol. The molecule has 0 saturated carbocycles. The van der Waals surface area contributed by atoms with Gasteiger partial charge in [-0.3, -0.25) is 4.79 Å². The lowest BCUT2D eigenvalue weighted by Crippen LogP contribution is -2.48. The van der Waals surface area contributed by atoms with Crippen molar-refractivity contribution in [3.63, 3.8) is 0 Å². The van der Waals surface area contributed by atoms with Crippen molar-refractivity contribution in [3.05, 3.63) is 37.5 Å². The van der Waals surface area contributed by atoms with Crippen molar-refractivity contribution in [1.29, 1.82) is 0 Å². The third-order valence-corrected chi connectivity index (χ3v) is 7.12. The van der Waals surface area contributed by atoms with Gasteiger partial charge < -0.3 is 14.7 Å². The van der Waals surface area contributed by atoms with Gasteiger partial charge in [-0.05, 0) is 31.4 Å². The molecule has 2 aliphatic rings. The molecule has 0 radical (unpaired) electrons. The topological polar surface area (TPSA) is 79.7 Å². The number of aromatic carboxylic acids is 1. The minimum absolute atomic E-state index is 0.0300. The van der Waals surface area contributed by atoms with Crippen LogP contribution in [0.4, 0.5) is 0 Å². The number of nitrogens with zero attached hydrogens (tertiary/aromatic N) is 2. The molecule has 4 rings (SSSR count). The standard InChI is InChI=1S/C17H18N2O4S2/c1-10-14(24-9-18-10)15(20)19-5-3-17(4-6-19)11-8-13(16(21)22)25-12(11)2-7-23-17/h8-9H,2-7H2,1H3,(H,21,22). The number of carbonyl (C=O) groups excluding carboxylic acids is 1. The summed E-state index contributed by atoms with van der Waals surface area (Å²) in [7, 11) is 0. The number of rotatable bonds is 2. The number of hydrogen-bond donors (Lipinski definition) is 1. The summed E-state index contributed by atoms with van der Waals surface area (Å²) >= 11 is 2.73. The smallest absolute Gasteiger partial charge is 0.345 e. The number of hydrogen-bond acceptors (Lipinski definition) is 6. The molecule has 6 nitrogen and oxygen atoms in total. The third-order valence-electron chi connectivity index (χ3n) is 5.02. The molecule has 132 valence electrons. The molecule has 1 saturated heterocycles. The Labute approximate surface area is 153 Å². The van der Waals surface area contributed by atoms with Crippen LogP contribution in [0.5, 0.6) is 0 Å². The third kappa shape index (κ3) is 2.78. The lowest BCUT2D eigenvalue weighted by molar-refractivity contribution is -0.0926. The number of carbonyl (C=O) groups is 2. The highest BCUT2D eigenvalue weighted by molar-refractivity contribution is 7.14. The Morgan fingerprint density at radius 1 is 1.36 bits per heavy atom. The quantitative estimate of drug-likeness (QED) is 0.869. The molecule has 0 aliphatic carbocycles. The molecule has 8 heteroatoms. The Morgan fingerprint density at radius 3 is 2.76 bits per heavy atom. The highest BCUT2D eigenvalue weighted by Gasteiger charge is 2.43. The number of likely N-dealkylation sites (tertiary alicyclic amines) is 1. The summed E-state index contributed by atoms with van der Waals surface area (Å²) in [5.41, 5.74) is 3.04. The van der Waals surface area contributed by atoms with Gasteiger partial charge in [0.25, 0.3) is 5.91 Å². The second-order valence-corrected chi connectivity index (χ2v) is 8.40. The molecule has 0 aromatic carbocycles. The van der Waals surface area contributed by atoms with Gasteiger partial charge in [-0.25, -0.2) is 9.78 Å². The summed E-state index contributed by atoms with van der Waals surface area (Å²) in [4.78, 5) is 32.2. The van der Waals surface area contributed by atoms with Crippen LogP contribution in [0.2, 0.25) is 0 Å². The summed E-state index contributed by atoms with van der Waals surface area (Å²) in [6, 6.07) is 1.77. The molecule has 1 fully saturated rings. The van der Waals surface area contributed by atoms with Crippen molar-refractivity contribution in [2.24, 2.45) is 0 Å². The summed E-state index contributed by atoms with van der Waals surface area (Å²) < 4.78 is 6.13. The first-order chi connectivity index (χ1) is 12.0. The van der Waals surface area contributed by atoms with Gasteiger partial charge in [-0.1, -0.05) is 0 Å². The fraction of sp³-hybridized carbons (Fsp3) is 0.471. The zero-order valence-corrected chi connectivity index (χ0v) is 15.4. The van der Waals surface area contributed by atoms with E-state index < -0.39 is 11.6 Å². The van der Waals surface area contributed by atoms with Crippen molar-refractivity contribution in [1.82, 2.24) is 9.88 Å². The highest BCUT2D eigenvalue weighted by atomic mass is 32.1. The van der Waals surface area contributed by atoms with Gasteiger partial charge in [0.1, 0.15) is 9.75 Å². The van der Waals surface area contributed by atoms with Crippen LogP contribution in [-0.4, -0.2) is 46.6 Å². The van der Waals surface area contributed by atoms with Crippen molar-refractivity contribution in [3.8, 4) is 0 Å². The van der Waals surface area contributed by atoms with Gasteiger partial charge in [-0.2, -0.15) is 0 Å². The van der Waals surface area contributed by atoms with Crippen molar-refractivity contribution < 1.29 is 19.4 Å². The van der Waals surface area contributed by atoms with Crippen LogP contribution >= 0.6 is 22.7 Å². The van der Waals surface area contributed by atoms with E-state index >= 15 is 0 Å². The maximum Gasteiger partial charge on any atom is 0.345 e. The molecule has 1 spiro atoms. The molecule has 2 aromatic heterocycles. The van der Waals surface area contributed by atoms with Gasteiger partial charge in [0.2, 0.25) is 0 Å². The molecule has 1 N–H and O–H groups in total. The average Bonchev–Trinajstić information content (AvgIpc) is 3.22. The number of piperidine rings is 1. The van der Waals surface area contributed by atoms with Crippen molar-refractivity contribution >= 4 is 34.6 Å². The lowest BCUT2D eigenvalue weighted by atomic mass is 9.82. The van der Waals surface area contributed by atoms with Crippen molar-refractivity contribution in [2.75, 3.05) is 19.7 Å². The average molecular weight is 378 g/mol. The zero-order valence-electron chi connectivity index (χ0n) is 13.8. The summed E-state index contributed by atoms with van der Waals surface area (Å²) in [5.74, 6) is -0.856. The molecule has 1 amide bonds. The zero-order chi connectivity index (χ0) is 17.6. The van der Waals surface area contributed by atoms with Gasteiger partial charge in [0, 0.05) is 24.4 Å². The van der Waals surface area contributed by atoms with E-state index in [1.54, 1.807) is 11.6 Å². The van der Waals surface area contributed by atoms with Gasteiger partial charge >= 0.3 is 5.97 Å². The molecule has 0 bridgehead atoms. The Morgan fingerprint density at radius 2 is 2.12 bits per heavy atom. The molecular formula is C17H18N2O4S2. The molecule has 4 heterocycles. The molecule has 25 heavy (non-hydrogen) atoms. The minimum atomic E-state index is -0.886. The van der Waals surface area contributed by atoms with Crippen LogP contribution in [0.1, 0.15) is 48.3 Å².